The monoisotopic (exact) mass is 392 g/mol. The molecule has 0 aromatic rings. The van der Waals surface area contributed by atoms with E-state index in [0.29, 0.717) is 22.5 Å². The maximum Gasteiger partial charge on any atom is 0.304 e. The summed E-state index contributed by atoms with van der Waals surface area (Å²) in [5, 5.41) is 7.79. The summed E-state index contributed by atoms with van der Waals surface area (Å²) in [4.78, 5) is 21.8. The number of carbonyl (C=O) groups is 2. The van der Waals surface area contributed by atoms with Gasteiger partial charge in [-0.2, -0.15) is 0 Å². The third-order valence-corrected chi connectivity index (χ3v) is 9.34. The van der Waals surface area contributed by atoms with Crippen molar-refractivity contribution in [3.8, 4) is 0 Å². The highest BCUT2D eigenvalue weighted by Gasteiger charge is 2.60. The van der Waals surface area contributed by atoms with Crippen LogP contribution in [0.4, 0.5) is 0 Å². The number of fused-ring (bicyclic) bond motifs is 5. The zero-order valence-corrected chi connectivity index (χ0v) is 18.3. The van der Waals surface area contributed by atoms with Gasteiger partial charge in [-0.3, -0.25) is 9.59 Å². The van der Waals surface area contributed by atoms with Gasteiger partial charge in [0.1, 0.15) is 5.78 Å². The molecule has 0 spiro atoms. The normalized spacial score (nSPS) is 44.2. The van der Waals surface area contributed by atoms with Crippen molar-refractivity contribution in [2.24, 2.45) is 40.4 Å². The van der Waals surface area contributed by atoms with E-state index in [0.717, 1.165) is 23.7 Å². The topological polar surface area (TPSA) is 63.6 Å². The molecule has 4 heteroatoms. The number of hydrogen-bond acceptors (Lipinski definition) is 4. The van der Waals surface area contributed by atoms with E-state index in [1.54, 1.807) is 0 Å². The number of rotatable bonds is 2. The minimum atomic E-state index is -0.519. The maximum atomic E-state index is 12.2. The standard InChI is InChI=1S/C21H34O.C3H6O3/c1-14(22)17-9-10-18-16-8-7-15-6-4-5-12-20(15,2)19(16)11-13-21(17,18)3;1-3(5)6-2-4/h15-19H,4-13H2,1-3H3;4H,2H2,1H3/t15?,16-,17+,18?,19?,20-,21?;/m0./s1. The number of Topliss-reactive ketones (excluding diaryl/α,β-unsaturated/α-hetero) is 1. The zero-order valence-electron chi connectivity index (χ0n) is 18.3. The Balaban J connectivity index is 0.000000330. The van der Waals surface area contributed by atoms with Gasteiger partial charge in [-0.15, -0.1) is 0 Å². The second-order valence-electron chi connectivity index (χ2n) is 10.5. The smallest absolute Gasteiger partial charge is 0.304 e. The molecule has 0 saturated heterocycles. The fourth-order valence-corrected chi connectivity index (χ4v) is 8.05. The first-order chi connectivity index (χ1) is 13.2. The van der Waals surface area contributed by atoms with Crippen LogP contribution in [0.1, 0.15) is 91.9 Å². The summed E-state index contributed by atoms with van der Waals surface area (Å²) in [6.45, 7) is 7.69. The lowest BCUT2D eigenvalue weighted by Crippen LogP contribution is -2.53. The summed E-state index contributed by atoms with van der Waals surface area (Å²) >= 11 is 0. The Morgan fingerprint density at radius 2 is 1.61 bits per heavy atom. The van der Waals surface area contributed by atoms with E-state index in [1.165, 1.54) is 71.1 Å². The predicted octanol–water partition coefficient (Wildman–Crippen LogP) is 5.12. The second kappa shape index (κ2) is 8.45. The molecule has 7 atom stereocenters. The lowest BCUT2D eigenvalue weighted by atomic mass is 9.45. The average Bonchev–Trinajstić information content (AvgIpc) is 2.99. The summed E-state index contributed by atoms with van der Waals surface area (Å²) in [5.74, 6) is 4.14. The third kappa shape index (κ3) is 3.78. The van der Waals surface area contributed by atoms with E-state index >= 15 is 0 Å². The molecule has 4 fully saturated rings. The van der Waals surface area contributed by atoms with Crippen molar-refractivity contribution in [1.29, 1.82) is 0 Å². The molecule has 4 saturated carbocycles. The van der Waals surface area contributed by atoms with Crippen LogP contribution in [0.15, 0.2) is 0 Å². The number of ether oxygens (including phenoxy) is 1. The van der Waals surface area contributed by atoms with Crippen LogP contribution in [0.3, 0.4) is 0 Å². The molecular formula is C24H40O4. The summed E-state index contributed by atoms with van der Waals surface area (Å²) in [6, 6.07) is 0. The van der Waals surface area contributed by atoms with Crippen LogP contribution in [-0.2, 0) is 14.3 Å². The van der Waals surface area contributed by atoms with E-state index < -0.39 is 12.8 Å². The van der Waals surface area contributed by atoms with Crippen LogP contribution in [0, 0.1) is 40.4 Å². The Labute approximate surface area is 170 Å². The quantitative estimate of drug-likeness (QED) is 0.523. The highest BCUT2D eigenvalue weighted by Crippen LogP contribution is 2.67. The fraction of sp³-hybridized carbons (Fsp3) is 0.917. The van der Waals surface area contributed by atoms with Crippen molar-refractivity contribution in [3.63, 3.8) is 0 Å². The minimum absolute atomic E-state index is 0.338. The van der Waals surface area contributed by atoms with E-state index in [9.17, 15) is 9.59 Å². The lowest BCUT2D eigenvalue weighted by molar-refractivity contribution is -0.148. The highest BCUT2D eigenvalue weighted by atomic mass is 16.6. The van der Waals surface area contributed by atoms with Gasteiger partial charge < -0.3 is 9.84 Å². The van der Waals surface area contributed by atoms with Crippen molar-refractivity contribution in [1.82, 2.24) is 0 Å². The molecule has 4 nitrogen and oxygen atoms in total. The van der Waals surface area contributed by atoms with Crippen LogP contribution >= 0.6 is 0 Å². The molecule has 0 amide bonds. The van der Waals surface area contributed by atoms with E-state index in [2.05, 4.69) is 18.6 Å². The van der Waals surface area contributed by atoms with Crippen molar-refractivity contribution >= 4 is 11.8 Å². The van der Waals surface area contributed by atoms with Crippen LogP contribution in [0.5, 0.6) is 0 Å². The number of ketones is 1. The van der Waals surface area contributed by atoms with Gasteiger partial charge in [0.05, 0.1) is 0 Å². The van der Waals surface area contributed by atoms with Crippen molar-refractivity contribution < 1.29 is 19.4 Å². The Kier molecular flexibility index (Phi) is 6.58. The van der Waals surface area contributed by atoms with E-state index in [1.807, 2.05) is 6.92 Å². The lowest BCUT2D eigenvalue weighted by Gasteiger charge is -2.60. The van der Waals surface area contributed by atoms with Crippen molar-refractivity contribution in [2.45, 2.75) is 91.9 Å². The van der Waals surface area contributed by atoms with Gasteiger partial charge in [-0.05, 0) is 92.8 Å². The molecule has 160 valence electrons. The van der Waals surface area contributed by atoms with E-state index in [-0.39, 0.29) is 0 Å². The van der Waals surface area contributed by atoms with Gasteiger partial charge in [-0.25, -0.2) is 0 Å². The van der Waals surface area contributed by atoms with Gasteiger partial charge in [0.2, 0.25) is 0 Å². The molecule has 0 aromatic heterocycles. The molecule has 4 aliphatic carbocycles. The zero-order chi connectivity index (χ0) is 20.5. The third-order valence-electron chi connectivity index (χ3n) is 9.34. The first kappa shape index (κ1) is 21.8. The number of aliphatic hydroxyl groups is 1. The summed E-state index contributed by atoms with van der Waals surface area (Å²) in [7, 11) is 0. The highest BCUT2D eigenvalue weighted by molar-refractivity contribution is 5.79. The number of aliphatic hydroxyl groups excluding tert-OH is 1. The molecule has 0 bridgehead atoms. The molecule has 0 radical (unpaired) electrons. The molecule has 4 aliphatic rings. The predicted molar refractivity (Wildman–Crippen MR) is 109 cm³/mol. The van der Waals surface area contributed by atoms with Crippen LogP contribution in [0.2, 0.25) is 0 Å². The van der Waals surface area contributed by atoms with Crippen molar-refractivity contribution in [2.75, 3.05) is 6.79 Å². The molecule has 0 aromatic carbocycles. The van der Waals surface area contributed by atoms with Crippen LogP contribution in [-0.4, -0.2) is 23.7 Å². The van der Waals surface area contributed by atoms with Crippen LogP contribution in [0.25, 0.3) is 0 Å². The van der Waals surface area contributed by atoms with Gasteiger partial charge >= 0.3 is 5.97 Å². The SMILES string of the molecule is CC(=O)OCO.CC(=O)[C@H]1CCC2[C@@H]3CCC4CCCC[C@]4(C)C3CCC21C. The molecular weight excluding hydrogens is 352 g/mol. The van der Waals surface area contributed by atoms with Gasteiger partial charge in [0.25, 0.3) is 0 Å². The van der Waals surface area contributed by atoms with E-state index in [4.69, 9.17) is 5.11 Å². The Morgan fingerprint density at radius 1 is 0.893 bits per heavy atom. The first-order valence-electron chi connectivity index (χ1n) is 11.5. The fourth-order valence-electron chi connectivity index (χ4n) is 8.05. The average molecular weight is 393 g/mol. The minimum Gasteiger partial charge on any atom is -0.439 e. The molecule has 4 rings (SSSR count). The molecule has 28 heavy (non-hydrogen) atoms. The van der Waals surface area contributed by atoms with Gasteiger partial charge in [0.15, 0.2) is 6.79 Å². The molecule has 4 unspecified atom stereocenters. The van der Waals surface area contributed by atoms with Crippen LogP contribution < -0.4 is 0 Å². The maximum absolute atomic E-state index is 12.2. The summed E-state index contributed by atoms with van der Waals surface area (Å²) in [5.41, 5.74) is 0.974. The number of carbonyl (C=O) groups excluding carboxylic acids is 2. The Morgan fingerprint density at radius 3 is 2.21 bits per heavy atom. The Hall–Kier alpha value is -0.900. The van der Waals surface area contributed by atoms with Gasteiger partial charge in [-0.1, -0.05) is 26.7 Å². The molecule has 1 N–H and O–H groups in total. The molecule has 0 aliphatic heterocycles. The number of esters is 1. The van der Waals surface area contributed by atoms with Gasteiger partial charge in [0, 0.05) is 12.8 Å². The first-order valence-corrected chi connectivity index (χ1v) is 11.5. The second-order valence-corrected chi connectivity index (χ2v) is 10.5. The summed E-state index contributed by atoms with van der Waals surface area (Å²) < 4.78 is 3.96. The van der Waals surface area contributed by atoms with Crippen molar-refractivity contribution in [3.05, 3.63) is 0 Å². The largest absolute Gasteiger partial charge is 0.439 e. The number of hydrogen-bond donors (Lipinski definition) is 1. The summed E-state index contributed by atoms with van der Waals surface area (Å²) in [6.07, 6.45) is 14.1. The molecule has 0 heterocycles. The Bertz CT molecular complexity index is 587.